The molecular weight excluding hydrogens is 368 g/mol. The summed E-state index contributed by atoms with van der Waals surface area (Å²) < 4.78 is 0. The number of halogens is 1. The number of hydrogen-bond acceptors (Lipinski definition) is 2. The first-order valence-electron chi connectivity index (χ1n) is 9.05. The topological polar surface area (TPSA) is 32.7 Å². The van der Waals surface area contributed by atoms with E-state index in [0.29, 0.717) is 16.6 Å². The number of anilines is 1. The lowest BCUT2D eigenvalue weighted by Gasteiger charge is -2.19. The van der Waals surface area contributed by atoms with Crippen LogP contribution in [0.15, 0.2) is 83.5 Å². The predicted octanol–water partition coefficient (Wildman–Crippen LogP) is 5.79. The van der Waals surface area contributed by atoms with E-state index in [-0.39, 0.29) is 5.91 Å². The largest absolute Gasteiger partial charge is 0.282 e. The second-order valence-electron chi connectivity index (χ2n) is 6.87. The van der Waals surface area contributed by atoms with Crippen molar-refractivity contribution in [3.05, 3.63) is 106 Å². The summed E-state index contributed by atoms with van der Waals surface area (Å²) in [7, 11) is 0. The summed E-state index contributed by atoms with van der Waals surface area (Å²) in [5.41, 5.74) is 5.21. The van der Waals surface area contributed by atoms with Crippen LogP contribution >= 0.6 is 11.6 Å². The molecule has 3 aromatic carbocycles. The molecule has 0 N–H and O–H groups in total. The first-order valence-corrected chi connectivity index (χ1v) is 9.43. The van der Waals surface area contributed by atoms with E-state index in [2.05, 4.69) is 0 Å². The molecule has 0 atom stereocenters. The molecule has 0 saturated heterocycles. The van der Waals surface area contributed by atoms with E-state index in [4.69, 9.17) is 16.6 Å². The molecule has 0 bridgehead atoms. The number of amides is 1. The van der Waals surface area contributed by atoms with Crippen molar-refractivity contribution in [1.29, 1.82) is 0 Å². The fourth-order valence-corrected chi connectivity index (χ4v) is 3.34. The third-order valence-electron chi connectivity index (χ3n) is 4.57. The Balaban J connectivity index is 1.84. The first kappa shape index (κ1) is 18.2. The van der Waals surface area contributed by atoms with E-state index in [9.17, 15) is 4.79 Å². The number of carbonyl (C=O) groups is 1. The molecule has 1 aliphatic heterocycles. The number of aliphatic imine (C=N–C) groups is 1. The highest BCUT2D eigenvalue weighted by atomic mass is 35.5. The van der Waals surface area contributed by atoms with Crippen molar-refractivity contribution in [2.75, 3.05) is 4.90 Å². The molecule has 1 aliphatic rings. The smallest absolute Gasteiger partial charge is 0.266 e. The Hall–Kier alpha value is -3.17. The summed E-state index contributed by atoms with van der Waals surface area (Å²) in [5.74, 6) is 0.497. The molecule has 28 heavy (non-hydrogen) atoms. The van der Waals surface area contributed by atoms with Crippen molar-refractivity contribution in [3.63, 3.8) is 0 Å². The van der Waals surface area contributed by atoms with E-state index in [1.54, 1.807) is 23.1 Å². The van der Waals surface area contributed by atoms with Crippen LogP contribution in [0.5, 0.6) is 0 Å². The molecule has 0 unspecified atom stereocenters. The number of amidine groups is 1. The zero-order valence-corrected chi connectivity index (χ0v) is 16.4. The molecule has 0 radical (unpaired) electrons. The molecule has 0 aromatic heterocycles. The van der Waals surface area contributed by atoms with E-state index in [1.165, 1.54) is 0 Å². The number of aryl methyl sites for hydroxylation is 2. The molecule has 0 saturated carbocycles. The average Bonchev–Trinajstić information content (AvgIpc) is 3.00. The van der Waals surface area contributed by atoms with E-state index in [0.717, 1.165) is 27.9 Å². The summed E-state index contributed by atoms with van der Waals surface area (Å²) in [4.78, 5) is 19.7. The Labute approximate surface area is 169 Å². The lowest BCUT2D eigenvalue weighted by Crippen LogP contribution is -2.32. The molecule has 0 aliphatic carbocycles. The van der Waals surface area contributed by atoms with Gasteiger partial charge in [0, 0.05) is 10.6 Å². The van der Waals surface area contributed by atoms with Crippen molar-refractivity contribution in [3.8, 4) is 0 Å². The minimum absolute atomic E-state index is 0.142. The van der Waals surface area contributed by atoms with Crippen LogP contribution in [-0.2, 0) is 4.79 Å². The van der Waals surface area contributed by atoms with Gasteiger partial charge in [-0.3, -0.25) is 9.69 Å². The fourth-order valence-electron chi connectivity index (χ4n) is 3.22. The second kappa shape index (κ2) is 7.45. The van der Waals surface area contributed by atoms with Crippen molar-refractivity contribution in [1.82, 2.24) is 0 Å². The monoisotopic (exact) mass is 386 g/mol. The number of benzene rings is 3. The van der Waals surface area contributed by atoms with Gasteiger partial charge in [-0.2, -0.15) is 0 Å². The van der Waals surface area contributed by atoms with Crippen LogP contribution < -0.4 is 4.90 Å². The van der Waals surface area contributed by atoms with Gasteiger partial charge in [0.25, 0.3) is 5.91 Å². The van der Waals surface area contributed by atoms with Crippen LogP contribution in [0.1, 0.15) is 22.3 Å². The molecule has 1 heterocycles. The van der Waals surface area contributed by atoms with Gasteiger partial charge in [0.05, 0.1) is 5.69 Å². The van der Waals surface area contributed by atoms with Gasteiger partial charge in [-0.1, -0.05) is 59.6 Å². The third-order valence-corrected chi connectivity index (χ3v) is 4.82. The maximum Gasteiger partial charge on any atom is 0.282 e. The molecule has 4 heteroatoms. The Kier molecular flexibility index (Phi) is 4.84. The summed E-state index contributed by atoms with van der Waals surface area (Å²) in [6.45, 7) is 4.04. The van der Waals surface area contributed by atoms with Crippen LogP contribution in [-0.4, -0.2) is 11.7 Å². The quantitative estimate of drug-likeness (QED) is 0.524. The summed E-state index contributed by atoms with van der Waals surface area (Å²) >= 11 is 5.97. The van der Waals surface area contributed by atoms with Crippen LogP contribution in [0.2, 0.25) is 5.02 Å². The summed E-state index contributed by atoms with van der Waals surface area (Å²) in [5, 5.41) is 0.658. The second-order valence-corrected chi connectivity index (χ2v) is 7.30. The first-order chi connectivity index (χ1) is 13.5. The highest BCUT2D eigenvalue weighted by Crippen LogP contribution is 2.29. The molecule has 0 fully saturated rings. The molecule has 1 amide bonds. The normalized spacial score (nSPS) is 15.2. The van der Waals surface area contributed by atoms with Gasteiger partial charge < -0.3 is 0 Å². The van der Waals surface area contributed by atoms with E-state index in [1.807, 2.05) is 74.5 Å². The van der Waals surface area contributed by atoms with Gasteiger partial charge >= 0.3 is 0 Å². The lowest BCUT2D eigenvalue weighted by molar-refractivity contribution is -0.113. The van der Waals surface area contributed by atoms with Crippen LogP contribution in [0.25, 0.3) is 6.08 Å². The highest BCUT2D eigenvalue weighted by Gasteiger charge is 2.32. The average molecular weight is 387 g/mol. The van der Waals surface area contributed by atoms with Crippen LogP contribution in [0.3, 0.4) is 0 Å². The number of rotatable bonds is 3. The standard InChI is InChI=1S/C24H19ClN2O/c1-16-5-3-7-19(13-16)23-26-22(15-18-9-11-20(25)12-10-18)24(28)27(23)21-8-4-6-17(2)14-21/h3-15H,1-2H3/b22-15+. The molecular formula is C24H19ClN2O. The Morgan fingerprint density at radius 2 is 1.57 bits per heavy atom. The van der Waals surface area contributed by atoms with Crippen molar-refractivity contribution < 1.29 is 4.79 Å². The number of carbonyl (C=O) groups excluding carboxylic acids is 1. The van der Waals surface area contributed by atoms with Crippen molar-refractivity contribution >= 4 is 35.1 Å². The van der Waals surface area contributed by atoms with Crippen molar-refractivity contribution in [2.45, 2.75) is 13.8 Å². The number of nitrogens with zero attached hydrogens (tertiary/aromatic N) is 2. The van der Waals surface area contributed by atoms with Gasteiger partial charge in [0.1, 0.15) is 11.5 Å². The van der Waals surface area contributed by atoms with Gasteiger partial charge in [0.2, 0.25) is 0 Å². The maximum atomic E-state index is 13.3. The van der Waals surface area contributed by atoms with Crippen molar-refractivity contribution in [2.24, 2.45) is 4.99 Å². The SMILES string of the molecule is Cc1cccc(C2=N/C(=C/c3ccc(Cl)cc3)C(=O)N2c2cccc(C)c2)c1. The minimum atomic E-state index is -0.142. The van der Waals surface area contributed by atoms with E-state index < -0.39 is 0 Å². The van der Waals surface area contributed by atoms with Gasteiger partial charge in [0.15, 0.2) is 0 Å². The zero-order chi connectivity index (χ0) is 19.7. The molecule has 3 nitrogen and oxygen atoms in total. The number of hydrogen-bond donors (Lipinski definition) is 0. The minimum Gasteiger partial charge on any atom is -0.266 e. The van der Waals surface area contributed by atoms with Crippen LogP contribution in [0.4, 0.5) is 5.69 Å². The Bertz CT molecular complexity index is 1110. The highest BCUT2D eigenvalue weighted by molar-refractivity contribution is 6.33. The zero-order valence-electron chi connectivity index (χ0n) is 15.7. The molecule has 4 rings (SSSR count). The van der Waals surface area contributed by atoms with Gasteiger partial charge in [-0.15, -0.1) is 0 Å². The third kappa shape index (κ3) is 3.62. The predicted molar refractivity (Wildman–Crippen MR) is 116 cm³/mol. The summed E-state index contributed by atoms with van der Waals surface area (Å²) in [6, 6.07) is 23.3. The molecule has 3 aromatic rings. The van der Waals surface area contributed by atoms with Gasteiger partial charge in [-0.05, 0) is 61.4 Å². The molecule has 0 spiro atoms. The van der Waals surface area contributed by atoms with E-state index >= 15 is 0 Å². The molecule has 138 valence electrons. The lowest BCUT2D eigenvalue weighted by atomic mass is 10.1. The Morgan fingerprint density at radius 1 is 0.893 bits per heavy atom. The maximum absolute atomic E-state index is 13.3. The van der Waals surface area contributed by atoms with Gasteiger partial charge in [-0.25, -0.2) is 4.99 Å². The Morgan fingerprint density at radius 3 is 2.25 bits per heavy atom. The summed E-state index contributed by atoms with van der Waals surface area (Å²) in [6.07, 6.45) is 1.80. The fraction of sp³-hybridized carbons (Fsp3) is 0.0833. The van der Waals surface area contributed by atoms with Crippen LogP contribution in [0, 0.1) is 13.8 Å².